The van der Waals surface area contributed by atoms with Crippen molar-refractivity contribution >= 4 is 34.6 Å². The van der Waals surface area contributed by atoms with Gasteiger partial charge in [0.05, 0.1) is 36.3 Å². The molecule has 71 heavy (non-hydrogen) atoms. The molecule has 0 radical (unpaired) electrons. The topological polar surface area (TPSA) is 179 Å². The van der Waals surface area contributed by atoms with E-state index in [1.807, 2.05) is 60.7 Å². The summed E-state index contributed by atoms with van der Waals surface area (Å²) in [6.45, 7) is 8.25. The minimum atomic E-state index is -1.58. The molecule has 3 aliphatic rings. The molecule has 0 aromatic heterocycles. The van der Waals surface area contributed by atoms with Gasteiger partial charge in [-0.25, -0.2) is 4.79 Å². The summed E-state index contributed by atoms with van der Waals surface area (Å²) >= 11 is 0. The molecule has 14 heteroatoms. The number of benzene rings is 5. The van der Waals surface area contributed by atoms with Crippen LogP contribution in [0.3, 0.4) is 0 Å². The Morgan fingerprint density at radius 2 is 1.66 bits per heavy atom. The van der Waals surface area contributed by atoms with Gasteiger partial charge in [-0.3, -0.25) is 19.8 Å². The van der Waals surface area contributed by atoms with Crippen molar-refractivity contribution in [1.29, 1.82) is 0 Å². The predicted octanol–water partition coefficient (Wildman–Crippen LogP) is 11.4. The first-order valence-corrected chi connectivity index (χ1v) is 24.4. The summed E-state index contributed by atoms with van der Waals surface area (Å²) in [5, 5.41) is 38.5. The van der Waals surface area contributed by atoms with E-state index in [0.29, 0.717) is 53.3 Å². The van der Waals surface area contributed by atoms with Crippen LogP contribution in [0.1, 0.15) is 84.3 Å². The van der Waals surface area contributed by atoms with Crippen LogP contribution in [0.25, 0.3) is 10.8 Å². The lowest BCUT2D eigenvalue weighted by Crippen LogP contribution is -2.70. The van der Waals surface area contributed by atoms with E-state index in [-0.39, 0.29) is 69.4 Å². The maximum atomic E-state index is 15.0. The van der Waals surface area contributed by atoms with Crippen molar-refractivity contribution in [3.05, 3.63) is 179 Å². The molecule has 370 valence electrons. The predicted molar refractivity (Wildman–Crippen MR) is 270 cm³/mol. The van der Waals surface area contributed by atoms with Crippen LogP contribution in [-0.2, 0) is 27.5 Å². The fourth-order valence-corrected chi connectivity index (χ4v) is 10.6. The van der Waals surface area contributed by atoms with E-state index in [0.717, 1.165) is 59.4 Å². The highest BCUT2D eigenvalue weighted by atomic mass is 16.7. The van der Waals surface area contributed by atoms with Crippen molar-refractivity contribution in [1.82, 2.24) is 4.90 Å². The second kappa shape index (κ2) is 23.7. The molecular weight excluding hydrogens is 903 g/mol. The zero-order valence-corrected chi connectivity index (χ0v) is 39.8. The summed E-state index contributed by atoms with van der Waals surface area (Å²) < 4.78 is 27.2. The van der Waals surface area contributed by atoms with Crippen LogP contribution in [0.5, 0.6) is 17.2 Å². The van der Waals surface area contributed by atoms with Crippen LogP contribution in [0, 0.1) is 27.9 Å². The van der Waals surface area contributed by atoms with Gasteiger partial charge in [-0.1, -0.05) is 90.8 Å². The second-order valence-electron chi connectivity index (χ2n) is 18.2. The van der Waals surface area contributed by atoms with Crippen molar-refractivity contribution in [2.24, 2.45) is 22.9 Å². The van der Waals surface area contributed by atoms with Gasteiger partial charge in [-0.05, 0) is 114 Å². The first-order valence-electron chi connectivity index (χ1n) is 24.4. The smallest absolute Gasteiger partial charge is 0.410 e. The maximum Gasteiger partial charge on any atom is 0.410 e. The van der Waals surface area contributed by atoms with E-state index < -0.39 is 28.8 Å². The van der Waals surface area contributed by atoms with E-state index in [1.54, 1.807) is 53.5 Å². The largest absolute Gasteiger partial charge is 0.459 e. The molecule has 0 saturated heterocycles. The molecule has 0 unspecified atom stereocenters. The number of nitro groups is 1. The Morgan fingerprint density at radius 1 is 0.901 bits per heavy atom. The van der Waals surface area contributed by atoms with Crippen LogP contribution in [0.15, 0.2) is 151 Å². The molecule has 1 fully saturated rings. The van der Waals surface area contributed by atoms with Crippen LogP contribution in [0.2, 0.25) is 0 Å². The number of oxime groups is 1. The summed E-state index contributed by atoms with van der Waals surface area (Å²) in [4.78, 5) is 45.8. The number of aliphatic hydroxyl groups excluding tert-OH is 2. The number of hydrogen-bond donors (Lipinski definition) is 2. The number of ether oxygens (including phenoxy) is 4. The van der Waals surface area contributed by atoms with Crippen LogP contribution in [-0.4, -0.2) is 76.4 Å². The van der Waals surface area contributed by atoms with Crippen molar-refractivity contribution in [2.45, 2.75) is 82.3 Å². The Morgan fingerprint density at radius 3 is 2.42 bits per heavy atom. The lowest BCUT2D eigenvalue weighted by atomic mass is 9.55. The first kappa shape index (κ1) is 50.3. The van der Waals surface area contributed by atoms with Gasteiger partial charge in [0.1, 0.15) is 36.2 Å². The molecular formula is C57H61N3O11. The zero-order valence-electron chi connectivity index (χ0n) is 39.8. The van der Waals surface area contributed by atoms with Gasteiger partial charge in [-0.2, -0.15) is 0 Å². The molecule has 5 aromatic carbocycles. The standard InChI is InChI=1S/C57H61N3O11/c1-3-5-31-67-56(64)59(36-43-18-13-17-41-15-6-7-20-47(41)43)53-35-51(58-69-38-39-22-24-44(25-23-39)60(65)66)49-33-42(16-8-10-28-61)48(21-9-11-29-62)54-50-34-46(70-45-19-12-14-40(32-45)37-63)26-27-52(50)71-57(53,55(49)54)68-30-4-2/h3-4,6-7,12-15,17-20,22-27,32-34,37,42,48,53-55,61-62H,1-2,5,8-11,16,21,28-31,35-36,38H2/t42-,48+,53-,54+,55+,57+/m0/s1. The third kappa shape index (κ3) is 11.3. The molecule has 1 aliphatic heterocycles. The fraction of sp³-hybridized carbons (Fsp3) is 0.351. The molecule has 5 aromatic rings. The fourth-order valence-electron chi connectivity index (χ4n) is 10.6. The molecule has 1 saturated carbocycles. The van der Waals surface area contributed by atoms with Crippen molar-refractivity contribution < 1.29 is 48.5 Å². The maximum absolute atomic E-state index is 15.0. The molecule has 8 rings (SSSR count). The number of nitrogens with zero attached hydrogens (tertiary/aromatic N) is 3. The number of carbonyl (C=O) groups excluding carboxylic acids is 2. The number of rotatable bonds is 24. The second-order valence-corrected chi connectivity index (χ2v) is 18.2. The van der Waals surface area contributed by atoms with E-state index in [9.17, 15) is 25.1 Å². The van der Waals surface area contributed by atoms with Gasteiger partial charge in [-0.15, -0.1) is 13.2 Å². The minimum absolute atomic E-state index is 0.00397. The number of aliphatic hydroxyl groups is 2. The number of nitro benzene ring substituents is 1. The number of aldehydes is 1. The Hall–Kier alpha value is -7.13. The molecule has 1 heterocycles. The third-order valence-electron chi connectivity index (χ3n) is 13.8. The van der Waals surface area contributed by atoms with Gasteiger partial charge < -0.3 is 34.0 Å². The van der Waals surface area contributed by atoms with Crippen LogP contribution < -0.4 is 9.47 Å². The average Bonchev–Trinajstić information content (AvgIpc) is 3.39. The number of carbonyl (C=O) groups is 2. The summed E-state index contributed by atoms with van der Waals surface area (Å²) in [6.07, 6.45) is 10.5. The zero-order chi connectivity index (χ0) is 49.7. The number of amides is 1. The van der Waals surface area contributed by atoms with Crippen LogP contribution >= 0.6 is 0 Å². The quantitative estimate of drug-likeness (QED) is 0.0198. The van der Waals surface area contributed by atoms with Gasteiger partial charge in [0.2, 0.25) is 5.79 Å². The van der Waals surface area contributed by atoms with E-state index in [4.69, 9.17) is 28.9 Å². The third-order valence-corrected chi connectivity index (χ3v) is 13.8. The summed E-state index contributed by atoms with van der Waals surface area (Å²) in [6, 6.07) is 31.8. The van der Waals surface area contributed by atoms with E-state index >= 15 is 4.79 Å². The summed E-state index contributed by atoms with van der Waals surface area (Å²) in [5.74, 6) is -1.13. The van der Waals surface area contributed by atoms with Gasteiger partial charge in [0, 0.05) is 48.8 Å². The Balaban J connectivity index is 1.35. The van der Waals surface area contributed by atoms with E-state index in [2.05, 4.69) is 19.2 Å². The highest BCUT2D eigenvalue weighted by molar-refractivity contribution is 6.03. The molecule has 0 spiro atoms. The normalized spacial score (nSPS) is 21.5. The number of non-ortho nitro benzene ring substituents is 1. The number of hydrogen-bond acceptors (Lipinski definition) is 12. The Kier molecular flexibility index (Phi) is 16.7. The van der Waals surface area contributed by atoms with Gasteiger partial charge >= 0.3 is 6.09 Å². The number of allylic oxidation sites excluding steroid dienone is 1. The minimum Gasteiger partial charge on any atom is -0.459 e. The SMILES string of the molecule is C=CCCOC(=O)N(Cc1cccc2ccccc12)[C@H]1CC(=NOCc2ccc([N+](=O)[O-])cc2)C2=C[C@H](CCCCO)[C@@H](CCCCO)[C@@H]3c4cc(Oc5cccc(C=O)c5)ccc4O[C@@]1(OCC=C)[C@H]23. The van der Waals surface area contributed by atoms with E-state index in [1.165, 1.54) is 12.1 Å². The first-order chi connectivity index (χ1) is 34.7. The van der Waals surface area contributed by atoms with Gasteiger partial charge in [0.25, 0.3) is 5.69 Å². The molecule has 1 amide bonds. The van der Waals surface area contributed by atoms with Gasteiger partial charge in [0.15, 0.2) is 0 Å². The Bertz CT molecular complexity index is 2750. The lowest BCUT2D eigenvalue weighted by molar-refractivity contribution is -0.384. The highest BCUT2D eigenvalue weighted by Gasteiger charge is 2.65. The molecule has 14 nitrogen and oxygen atoms in total. The van der Waals surface area contributed by atoms with Crippen molar-refractivity contribution in [2.75, 3.05) is 26.4 Å². The molecule has 6 atom stereocenters. The Labute approximate surface area is 414 Å². The summed E-state index contributed by atoms with van der Waals surface area (Å²) in [5.41, 5.74) is 4.21. The number of unbranched alkanes of at least 4 members (excludes halogenated alkanes) is 2. The monoisotopic (exact) mass is 963 g/mol. The average molecular weight is 964 g/mol. The molecule has 2 aliphatic carbocycles. The highest BCUT2D eigenvalue weighted by Crippen LogP contribution is 2.62. The van der Waals surface area contributed by atoms with Crippen molar-refractivity contribution in [3.8, 4) is 17.2 Å². The van der Waals surface area contributed by atoms with Crippen LogP contribution in [0.4, 0.5) is 10.5 Å². The summed E-state index contributed by atoms with van der Waals surface area (Å²) in [7, 11) is 0. The number of fused-ring (bicyclic) bond motifs is 3. The molecule has 0 bridgehead atoms. The lowest BCUT2D eigenvalue weighted by Gasteiger charge is -2.59. The molecule has 2 N–H and O–H groups in total. The van der Waals surface area contributed by atoms with Crippen molar-refractivity contribution in [3.63, 3.8) is 0 Å².